The number of fused-ring (bicyclic) bond motifs is 1. The number of primary amides is 1. The Morgan fingerprint density at radius 3 is 2.42 bits per heavy atom. The number of aryl methyl sites for hydroxylation is 1. The molecule has 1 unspecified atom stereocenters. The number of hydrogen-bond donors (Lipinski definition) is 3. The Hall–Kier alpha value is -2.91. The van der Waals surface area contributed by atoms with Crippen molar-refractivity contribution >= 4 is 51.6 Å². The molecule has 1 aliphatic rings. The van der Waals surface area contributed by atoms with Gasteiger partial charge in [0.15, 0.2) is 6.61 Å². The predicted molar refractivity (Wildman–Crippen MR) is 127 cm³/mol. The van der Waals surface area contributed by atoms with Gasteiger partial charge in [-0.2, -0.15) is 0 Å². The first-order valence-electron chi connectivity index (χ1n) is 10.6. The molecule has 0 radical (unpaired) electrons. The van der Waals surface area contributed by atoms with Gasteiger partial charge in [-0.15, -0.1) is 11.3 Å². The number of thiophene rings is 1. The number of nitrogens with one attached hydrogen (secondary N) is 2. The highest BCUT2D eigenvalue weighted by atomic mass is 35.5. The maximum absolute atomic E-state index is 12.6. The third-order valence-corrected chi connectivity index (χ3v) is 6.79. The van der Waals surface area contributed by atoms with E-state index in [1.54, 1.807) is 38.1 Å². The third-order valence-electron chi connectivity index (χ3n) is 5.33. The van der Waals surface area contributed by atoms with Gasteiger partial charge in [-0.1, -0.05) is 25.4 Å². The van der Waals surface area contributed by atoms with E-state index < -0.39 is 36.3 Å². The van der Waals surface area contributed by atoms with Gasteiger partial charge in [0.25, 0.3) is 17.7 Å². The monoisotopic (exact) mass is 491 g/mol. The second-order valence-electron chi connectivity index (χ2n) is 8.14. The molecule has 8 nitrogen and oxygen atoms in total. The van der Waals surface area contributed by atoms with Gasteiger partial charge >= 0.3 is 5.97 Å². The minimum atomic E-state index is -0.948. The molecule has 10 heteroatoms. The van der Waals surface area contributed by atoms with E-state index in [-0.39, 0.29) is 5.92 Å². The van der Waals surface area contributed by atoms with Crippen LogP contribution in [0, 0.1) is 5.92 Å². The van der Waals surface area contributed by atoms with Crippen LogP contribution in [0.1, 0.15) is 57.8 Å². The molecule has 0 bridgehead atoms. The van der Waals surface area contributed by atoms with Crippen molar-refractivity contribution in [3.8, 4) is 0 Å². The van der Waals surface area contributed by atoms with Crippen LogP contribution in [-0.4, -0.2) is 36.3 Å². The summed E-state index contributed by atoms with van der Waals surface area (Å²) < 4.78 is 5.16. The summed E-state index contributed by atoms with van der Waals surface area (Å²) in [5, 5.41) is 6.15. The van der Waals surface area contributed by atoms with E-state index in [0.29, 0.717) is 21.2 Å². The summed E-state index contributed by atoms with van der Waals surface area (Å²) >= 11 is 7.17. The van der Waals surface area contributed by atoms with Gasteiger partial charge in [0.05, 0.1) is 5.56 Å². The molecule has 176 valence electrons. The number of benzene rings is 1. The average molecular weight is 492 g/mol. The molecule has 0 aliphatic heterocycles. The quantitative estimate of drug-likeness (QED) is 0.488. The molecule has 2 aromatic rings. The van der Waals surface area contributed by atoms with Crippen LogP contribution in [0.3, 0.4) is 0 Å². The summed E-state index contributed by atoms with van der Waals surface area (Å²) in [6.45, 7) is 2.95. The Kier molecular flexibility index (Phi) is 8.10. The van der Waals surface area contributed by atoms with Crippen LogP contribution in [0.4, 0.5) is 5.00 Å². The van der Waals surface area contributed by atoms with E-state index in [1.807, 2.05) is 0 Å². The maximum atomic E-state index is 12.6. The fourth-order valence-electron chi connectivity index (χ4n) is 3.63. The average Bonchev–Trinajstić information content (AvgIpc) is 3.13. The standard InChI is InChI=1S/C23H26ClN3O5S/c1-12(2)19(27-21(30)13-7-9-14(24)10-8-13)23(31)32-11-17(28)26-22-18(20(25)29)15-5-3-4-6-16(15)33-22/h7-10,12,19H,3-6,11H2,1-2H3,(H2,25,29)(H,26,28)(H,27,30). The van der Waals surface area contributed by atoms with Crippen molar-refractivity contribution < 1.29 is 23.9 Å². The number of rotatable bonds is 8. The van der Waals surface area contributed by atoms with Crippen molar-refractivity contribution in [3.05, 3.63) is 50.9 Å². The molecule has 4 N–H and O–H groups in total. The lowest BCUT2D eigenvalue weighted by molar-refractivity contribution is -0.150. The fourth-order valence-corrected chi connectivity index (χ4v) is 5.06. The van der Waals surface area contributed by atoms with Crippen LogP contribution in [0.15, 0.2) is 24.3 Å². The van der Waals surface area contributed by atoms with Crippen LogP contribution < -0.4 is 16.4 Å². The predicted octanol–water partition coefficient (Wildman–Crippen LogP) is 3.32. The largest absolute Gasteiger partial charge is 0.454 e. The van der Waals surface area contributed by atoms with Crippen molar-refractivity contribution in [2.45, 2.75) is 45.6 Å². The van der Waals surface area contributed by atoms with Crippen molar-refractivity contribution in [3.63, 3.8) is 0 Å². The lowest BCUT2D eigenvalue weighted by Gasteiger charge is -2.20. The molecule has 3 amide bonds. The Morgan fingerprint density at radius 1 is 1.12 bits per heavy atom. The molecule has 3 rings (SSSR count). The number of anilines is 1. The smallest absolute Gasteiger partial charge is 0.329 e. The van der Waals surface area contributed by atoms with E-state index in [2.05, 4.69) is 10.6 Å². The minimum Gasteiger partial charge on any atom is -0.454 e. The zero-order chi connectivity index (χ0) is 24.1. The summed E-state index contributed by atoms with van der Waals surface area (Å²) in [6.07, 6.45) is 3.58. The van der Waals surface area contributed by atoms with E-state index >= 15 is 0 Å². The number of esters is 1. The molecule has 0 fully saturated rings. The molecule has 1 aliphatic carbocycles. The molecular weight excluding hydrogens is 466 g/mol. The molecule has 0 saturated carbocycles. The molecule has 33 heavy (non-hydrogen) atoms. The number of halogens is 1. The van der Waals surface area contributed by atoms with Crippen molar-refractivity contribution in [1.29, 1.82) is 0 Å². The summed E-state index contributed by atoms with van der Waals surface area (Å²) in [4.78, 5) is 50.5. The Morgan fingerprint density at radius 2 is 1.79 bits per heavy atom. The fraction of sp³-hybridized carbons (Fsp3) is 0.391. The second-order valence-corrected chi connectivity index (χ2v) is 9.68. The zero-order valence-corrected chi connectivity index (χ0v) is 20.0. The topological polar surface area (TPSA) is 128 Å². The molecule has 1 heterocycles. The summed E-state index contributed by atoms with van der Waals surface area (Å²) in [5.74, 6) is -2.64. The van der Waals surface area contributed by atoms with Crippen molar-refractivity contribution in [2.75, 3.05) is 11.9 Å². The Labute approximate surface area is 200 Å². The van der Waals surface area contributed by atoms with E-state index in [0.717, 1.165) is 36.1 Å². The maximum Gasteiger partial charge on any atom is 0.329 e. The lowest BCUT2D eigenvalue weighted by Crippen LogP contribution is -2.45. The Balaban J connectivity index is 1.61. The second kappa shape index (κ2) is 10.8. The first kappa shape index (κ1) is 24.7. The van der Waals surface area contributed by atoms with Crippen LogP contribution in [0.2, 0.25) is 5.02 Å². The van der Waals surface area contributed by atoms with Gasteiger partial charge in [-0.25, -0.2) is 4.79 Å². The number of nitrogens with two attached hydrogens (primary N) is 1. The van der Waals surface area contributed by atoms with Crippen LogP contribution in [-0.2, 0) is 27.2 Å². The highest BCUT2D eigenvalue weighted by Crippen LogP contribution is 2.37. The number of ether oxygens (including phenoxy) is 1. The van der Waals surface area contributed by atoms with Gasteiger partial charge in [-0.3, -0.25) is 14.4 Å². The highest BCUT2D eigenvalue weighted by molar-refractivity contribution is 7.17. The van der Waals surface area contributed by atoms with Crippen LogP contribution in [0.5, 0.6) is 0 Å². The van der Waals surface area contributed by atoms with Crippen LogP contribution >= 0.6 is 22.9 Å². The molecule has 0 saturated heterocycles. The normalized spacial score (nSPS) is 13.7. The molecule has 0 spiro atoms. The van der Waals surface area contributed by atoms with Crippen molar-refractivity contribution in [2.24, 2.45) is 11.7 Å². The molecule has 1 atom stereocenters. The molecule has 1 aromatic heterocycles. The first-order chi connectivity index (χ1) is 15.7. The summed E-state index contributed by atoms with van der Waals surface area (Å²) in [7, 11) is 0. The van der Waals surface area contributed by atoms with Gasteiger partial charge in [-0.05, 0) is 61.4 Å². The molecular formula is C23H26ClN3O5S. The molecule has 1 aromatic carbocycles. The highest BCUT2D eigenvalue weighted by Gasteiger charge is 2.28. The minimum absolute atomic E-state index is 0.276. The Bertz CT molecular complexity index is 1060. The summed E-state index contributed by atoms with van der Waals surface area (Å²) in [6, 6.07) is 5.30. The first-order valence-corrected chi connectivity index (χ1v) is 11.8. The van der Waals surface area contributed by atoms with Gasteiger partial charge in [0.1, 0.15) is 11.0 Å². The third kappa shape index (κ3) is 6.11. The van der Waals surface area contributed by atoms with E-state index in [4.69, 9.17) is 22.1 Å². The summed E-state index contributed by atoms with van der Waals surface area (Å²) in [5.41, 5.74) is 7.12. The number of hydrogen-bond acceptors (Lipinski definition) is 6. The van der Waals surface area contributed by atoms with Crippen molar-refractivity contribution in [1.82, 2.24) is 5.32 Å². The SMILES string of the molecule is CC(C)C(NC(=O)c1ccc(Cl)cc1)C(=O)OCC(=O)Nc1sc2c(c1C(N)=O)CCCC2. The number of carbonyl (C=O) groups excluding carboxylic acids is 4. The number of carbonyl (C=O) groups is 4. The zero-order valence-electron chi connectivity index (χ0n) is 18.4. The van der Waals surface area contributed by atoms with Crippen LogP contribution in [0.25, 0.3) is 0 Å². The van der Waals surface area contributed by atoms with E-state index in [1.165, 1.54) is 11.3 Å². The van der Waals surface area contributed by atoms with Gasteiger partial charge in [0, 0.05) is 15.5 Å². The van der Waals surface area contributed by atoms with Gasteiger partial charge < -0.3 is 21.1 Å². The number of amides is 3. The van der Waals surface area contributed by atoms with E-state index in [9.17, 15) is 19.2 Å². The lowest BCUT2D eigenvalue weighted by atomic mass is 9.95. The van der Waals surface area contributed by atoms with Gasteiger partial charge in [0.2, 0.25) is 0 Å².